The molecule has 2 aromatic rings. The summed E-state index contributed by atoms with van der Waals surface area (Å²) in [5.74, 6) is 1.23. The van der Waals surface area contributed by atoms with Crippen molar-refractivity contribution in [2.24, 2.45) is 0 Å². The van der Waals surface area contributed by atoms with Gasteiger partial charge in [-0.15, -0.1) is 0 Å². The van der Waals surface area contributed by atoms with E-state index in [-0.39, 0.29) is 18.4 Å². The van der Waals surface area contributed by atoms with Crippen LogP contribution in [0, 0.1) is 0 Å². The number of anilines is 2. The minimum Gasteiger partial charge on any atom is -0.497 e. The molecule has 2 rings (SSSR count). The first kappa shape index (κ1) is 19.1. The maximum absolute atomic E-state index is 11.8. The summed E-state index contributed by atoms with van der Waals surface area (Å²) in [6, 6.07) is 14.4. The molecule has 0 heterocycles. The first-order chi connectivity index (χ1) is 12.6. The van der Waals surface area contributed by atoms with Crippen molar-refractivity contribution < 1.29 is 19.1 Å². The van der Waals surface area contributed by atoms with Crippen molar-refractivity contribution in [2.45, 2.75) is 6.92 Å². The van der Waals surface area contributed by atoms with Crippen molar-refractivity contribution in [1.29, 1.82) is 0 Å². The van der Waals surface area contributed by atoms with Crippen LogP contribution in [0.2, 0.25) is 0 Å². The van der Waals surface area contributed by atoms with Gasteiger partial charge in [0.2, 0.25) is 11.8 Å². The number of hydrogen-bond acceptors (Lipinski definition) is 5. The number of carbonyl (C=O) groups is 2. The highest BCUT2D eigenvalue weighted by molar-refractivity contribution is 5.88. The van der Waals surface area contributed by atoms with Gasteiger partial charge in [-0.25, -0.2) is 0 Å². The summed E-state index contributed by atoms with van der Waals surface area (Å²) < 4.78 is 10.6. The van der Waals surface area contributed by atoms with Gasteiger partial charge in [-0.3, -0.25) is 9.59 Å². The van der Waals surface area contributed by atoms with Crippen molar-refractivity contribution in [2.75, 3.05) is 37.4 Å². The predicted molar refractivity (Wildman–Crippen MR) is 101 cm³/mol. The van der Waals surface area contributed by atoms with Crippen LogP contribution in [0.3, 0.4) is 0 Å². The smallest absolute Gasteiger partial charge is 0.239 e. The molecular weight excluding hydrogens is 334 g/mol. The van der Waals surface area contributed by atoms with E-state index in [1.807, 2.05) is 24.3 Å². The number of amides is 2. The summed E-state index contributed by atoms with van der Waals surface area (Å²) >= 11 is 0. The summed E-state index contributed by atoms with van der Waals surface area (Å²) in [6.45, 7) is 2.40. The van der Waals surface area contributed by atoms with Crippen LogP contribution < -0.4 is 25.4 Å². The first-order valence-electron chi connectivity index (χ1n) is 8.22. The monoisotopic (exact) mass is 357 g/mol. The lowest BCUT2D eigenvalue weighted by atomic mass is 10.2. The first-order valence-corrected chi connectivity index (χ1v) is 8.22. The third kappa shape index (κ3) is 6.72. The summed E-state index contributed by atoms with van der Waals surface area (Å²) in [5.41, 5.74) is 1.51. The molecule has 0 bridgehead atoms. The van der Waals surface area contributed by atoms with Gasteiger partial charge in [0, 0.05) is 18.3 Å². The fraction of sp³-hybridized carbons (Fsp3) is 0.263. The van der Waals surface area contributed by atoms with Gasteiger partial charge in [-0.2, -0.15) is 0 Å². The molecule has 138 valence electrons. The van der Waals surface area contributed by atoms with Crippen LogP contribution >= 0.6 is 0 Å². The molecule has 0 saturated heterocycles. The number of methoxy groups -OCH3 is 1. The Kier molecular flexibility index (Phi) is 7.30. The van der Waals surface area contributed by atoms with E-state index >= 15 is 0 Å². The quantitative estimate of drug-likeness (QED) is 0.599. The second-order valence-electron chi connectivity index (χ2n) is 5.49. The third-order valence-electron chi connectivity index (χ3n) is 3.41. The standard InChI is InChI=1S/C19H23N3O4/c1-14(23)22-16-5-3-15(4-6-16)21-13-19(24)20-11-12-26-18-9-7-17(25-2)8-10-18/h3-10,21H,11-13H2,1-2H3,(H,20,24)(H,22,23). The largest absolute Gasteiger partial charge is 0.497 e. The molecular formula is C19H23N3O4. The van der Waals surface area contributed by atoms with E-state index in [9.17, 15) is 9.59 Å². The number of benzene rings is 2. The molecule has 26 heavy (non-hydrogen) atoms. The zero-order chi connectivity index (χ0) is 18.8. The number of carbonyl (C=O) groups excluding carboxylic acids is 2. The van der Waals surface area contributed by atoms with E-state index in [2.05, 4.69) is 16.0 Å². The summed E-state index contributed by atoms with van der Waals surface area (Å²) in [5, 5.41) is 8.48. The van der Waals surface area contributed by atoms with E-state index in [4.69, 9.17) is 9.47 Å². The van der Waals surface area contributed by atoms with Gasteiger partial charge in [0.15, 0.2) is 0 Å². The zero-order valence-electron chi connectivity index (χ0n) is 14.9. The topological polar surface area (TPSA) is 88.7 Å². The molecule has 0 aliphatic carbocycles. The van der Waals surface area contributed by atoms with Crippen molar-refractivity contribution in [3.05, 3.63) is 48.5 Å². The van der Waals surface area contributed by atoms with E-state index in [0.29, 0.717) is 18.8 Å². The molecule has 7 nitrogen and oxygen atoms in total. The Morgan fingerprint density at radius 3 is 2.15 bits per heavy atom. The Bertz CT molecular complexity index is 715. The molecule has 0 aromatic heterocycles. The molecule has 0 fully saturated rings. The summed E-state index contributed by atoms with van der Waals surface area (Å²) in [6.07, 6.45) is 0. The predicted octanol–water partition coefficient (Wildman–Crippen LogP) is 2.26. The van der Waals surface area contributed by atoms with E-state index in [0.717, 1.165) is 17.2 Å². The van der Waals surface area contributed by atoms with Gasteiger partial charge in [0.1, 0.15) is 18.1 Å². The van der Waals surface area contributed by atoms with Crippen molar-refractivity contribution in [3.8, 4) is 11.5 Å². The number of hydrogen-bond donors (Lipinski definition) is 3. The van der Waals surface area contributed by atoms with Crippen molar-refractivity contribution in [1.82, 2.24) is 5.32 Å². The Hall–Kier alpha value is -3.22. The second-order valence-corrected chi connectivity index (χ2v) is 5.49. The van der Waals surface area contributed by atoms with Crippen LogP contribution in [-0.4, -0.2) is 38.6 Å². The number of rotatable bonds is 9. The van der Waals surface area contributed by atoms with Crippen LogP contribution in [-0.2, 0) is 9.59 Å². The van der Waals surface area contributed by atoms with Gasteiger partial charge >= 0.3 is 0 Å². The minimum absolute atomic E-state index is 0.123. The average molecular weight is 357 g/mol. The average Bonchev–Trinajstić information content (AvgIpc) is 2.65. The lowest BCUT2D eigenvalue weighted by Gasteiger charge is -2.10. The van der Waals surface area contributed by atoms with Crippen LogP contribution in [0.15, 0.2) is 48.5 Å². The molecule has 0 saturated carbocycles. The highest BCUT2D eigenvalue weighted by atomic mass is 16.5. The molecule has 7 heteroatoms. The maximum Gasteiger partial charge on any atom is 0.239 e. The Balaban J connectivity index is 1.63. The third-order valence-corrected chi connectivity index (χ3v) is 3.41. The van der Waals surface area contributed by atoms with Crippen LogP contribution in [0.4, 0.5) is 11.4 Å². The van der Waals surface area contributed by atoms with Crippen molar-refractivity contribution in [3.63, 3.8) is 0 Å². The van der Waals surface area contributed by atoms with E-state index in [1.165, 1.54) is 6.92 Å². The second kappa shape index (κ2) is 9.93. The number of nitrogens with one attached hydrogen (secondary N) is 3. The van der Waals surface area contributed by atoms with Crippen molar-refractivity contribution >= 4 is 23.2 Å². The van der Waals surface area contributed by atoms with Gasteiger partial charge < -0.3 is 25.4 Å². The Labute approximate surface area is 152 Å². The van der Waals surface area contributed by atoms with Crippen LogP contribution in [0.5, 0.6) is 11.5 Å². The van der Waals surface area contributed by atoms with Crippen LogP contribution in [0.1, 0.15) is 6.92 Å². The molecule has 0 aliphatic rings. The lowest BCUT2D eigenvalue weighted by molar-refractivity contribution is -0.119. The van der Waals surface area contributed by atoms with E-state index in [1.54, 1.807) is 31.4 Å². The molecule has 0 radical (unpaired) electrons. The van der Waals surface area contributed by atoms with Crippen LogP contribution in [0.25, 0.3) is 0 Å². The minimum atomic E-state index is -0.130. The van der Waals surface area contributed by atoms with Gasteiger partial charge in [-0.1, -0.05) is 0 Å². The normalized spacial score (nSPS) is 9.92. The van der Waals surface area contributed by atoms with E-state index < -0.39 is 0 Å². The molecule has 2 aromatic carbocycles. The SMILES string of the molecule is COc1ccc(OCCNC(=O)CNc2ccc(NC(C)=O)cc2)cc1. The molecule has 0 aliphatic heterocycles. The lowest BCUT2D eigenvalue weighted by Crippen LogP contribution is -2.33. The Morgan fingerprint density at radius 1 is 0.923 bits per heavy atom. The molecule has 0 spiro atoms. The molecule has 0 atom stereocenters. The molecule has 0 unspecified atom stereocenters. The highest BCUT2D eigenvalue weighted by Gasteiger charge is 2.02. The fourth-order valence-electron chi connectivity index (χ4n) is 2.15. The zero-order valence-corrected chi connectivity index (χ0v) is 14.9. The molecule has 3 N–H and O–H groups in total. The van der Waals surface area contributed by atoms with Gasteiger partial charge in [-0.05, 0) is 48.5 Å². The molecule has 2 amide bonds. The highest BCUT2D eigenvalue weighted by Crippen LogP contribution is 2.16. The number of ether oxygens (including phenoxy) is 2. The summed E-state index contributed by atoms with van der Waals surface area (Å²) in [4.78, 5) is 22.8. The van der Waals surface area contributed by atoms with Gasteiger partial charge in [0.25, 0.3) is 0 Å². The van der Waals surface area contributed by atoms with Gasteiger partial charge in [0.05, 0.1) is 20.2 Å². The summed E-state index contributed by atoms with van der Waals surface area (Å²) in [7, 11) is 1.61. The maximum atomic E-state index is 11.8. The Morgan fingerprint density at radius 2 is 1.54 bits per heavy atom. The fourth-order valence-corrected chi connectivity index (χ4v) is 2.15.